The first-order valence-electron chi connectivity index (χ1n) is 8.04. The zero-order chi connectivity index (χ0) is 18.3. The molecule has 0 saturated heterocycles. The van der Waals surface area contributed by atoms with Gasteiger partial charge in [-0.25, -0.2) is 9.97 Å². The highest BCUT2D eigenvalue weighted by Gasteiger charge is 2.18. The average Bonchev–Trinajstić information content (AvgIpc) is 2.59. The zero-order valence-electron chi connectivity index (χ0n) is 14.8. The zero-order valence-corrected chi connectivity index (χ0v) is 14.8. The molecular weight excluding hydrogens is 310 g/mol. The lowest BCUT2D eigenvalue weighted by atomic mass is 9.95. The quantitative estimate of drug-likeness (QED) is 0.776. The molecule has 0 fully saturated rings. The predicted molar refractivity (Wildman–Crippen MR) is 98.3 cm³/mol. The number of nitrogens with zero attached hydrogens (tertiary/aromatic N) is 5. The number of aromatic nitrogens is 2. The molecule has 0 atom stereocenters. The molecule has 0 radical (unpaired) electrons. The van der Waals surface area contributed by atoms with E-state index >= 15 is 0 Å². The molecule has 2 rings (SSSR count). The first kappa shape index (κ1) is 18.2. The van der Waals surface area contributed by atoms with Crippen LogP contribution in [0.5, 0.6) is 0 Å². The minimum Gasteiger partial charge on any atom is -0.352 e. The molecule has 0 bridgehead atoms. The Morgan fingerprint density at radius 1 is 1.12 bits per heavy atom. The summed E-state index contributed by atoms with van der Waals surface area (Å²) in [6.45, 7) is 7.99. The smallest absolute Gasteiger partial charge is 0.234 e. The molecule has 0 amide bonds. The molecule has 0 spiro atoms. The van der Waals surface area contributed by atoms with Crippen molar-refractivity contribution >= 4 is 11.9 Å². The molecule has 5 nitrogen and oxygen atoms in total. The van der Waals surface area contributed by atoms with Crippen LogP contribution in [-0.2, 0) is 6.54 Å². The molecule has 25 heavy (non-hydrogen) atoms. The summed E-state index contributed by atoms with van der Waals surface area (Å²) < 4.78 is 0. The van der Waals surface area contributed by atoms with Crippen molar-refractivity contribution in [1.29, 1.82) is 10.5 Å². The standard InChI is InChI=1S/C20H21N5/c1-20(2,3)15-25(19-10-12-23-18(13-22)24-19)14-17-8-6-16(7-9-17)5-4-11-21/h4-10,12H,14-15H2,1-3H3. The van der Waals surface area contributed by atoms with E-state index in [0.29, 0.717) is 6.54 Å². The molecule has 1 heterocycles. The van der Waals surface area contributed by atoms with Gasteiger partial charge in [-0.3, -0.25) is 0 Å². The summed E-state index contributed by atoms with van der Waals surface area (Å²) >= 11 is 0. The summed E-state index contributed by atoms with van der Waals surface area (Å²) in [4.78, 5) is 10.4. The van der Waals surface area contributed by atoms with Gasteiger partial charge in [0.05, 0.1) is 6.07 Å². The van der Waals surface area contributed by atoms with E-state index in [1.165, 1.54) is 6.08 Å². The van der Waals surface area contributed by atoms with Crippen LogP contribution in [0.3, 0.4) is 0 Å². The summed E-state index contributed by atoms with van der Waals surface area (Å²) in [6, 6.07) is 13.9. The van der Waals surface area contributed by atoms with Crippen molar-refractivity contribution in [1.82, 2.24) is 9.97 Å². The second-order valence-corrected chi connectivity index (χ2v) is 6.97. The molecule has 0 aliphatic rings. The van der Waals surface area contributed by atoms with E-state index in [1.807, 2.05) is 42.5 Å². The maximum absolute atomic E-state index is 9.04. The van der Waals surface area contributed by atoms with E-state index in [1.54, 1.807) is 12.3 Å². The highest BCUT2D eigenvalue weighted by Crippen LogP contribution is 2.22. The summed E-state index contributed by atoms with van der Waals surface area (Å²) in [5.74, 6) is 0.920. The normalized spacial score (nSPS) is 11.1. The van der Waals surface area contributed by atoms with Crippen LogP contribution < -0.4 is 4.90 Å². The highest BCUT2D eigenvalue weighted by molar-refractivity contribution is 5.52. The second-order valence-electron chi connectivity index (χ2n) is 6.97. The topological polar surface area (TPSA) is 76.6 Å². The summed E-state index contributed by atoms with van der Waals surface area (Å²) in [7, 11) is 0. The van der Waals surface area contributed by atoms with Crippen molar-refractivity contribution < 1.29 is 0 Å². The van der Waals surface area contributed by atoms with Crippen molar-refractivity contribution in [3.63, 3.8) is 0 Å². The lowest BCUT2D eigenvalue weighted by Crippen LogP contribution is -2.33. The third kappa shape index (κ3) is 5.75. The van der Waals surface area contributed by atoms with Gasteiger partial charge in [0.2, 0.25) is 5.82 Å². The molecule has 1 aromatic heterocycles. The monoisotopic (exact) mass is 331 g/mol. The van der Waals surface area contributed by atoms with Gasteiger partial charge >= 0.3 is 0 Å². The van der Waals surface area contributed by atoms with E-state index in [0.717, 1.165) is 23.5 Å². The Hall–Kier alpha value is -3.18. The Morgan fingerprint density at radius 2 is 1.84 bits per heavy atom. The molecule has 2 aromatic rings. The van der Waals surface area contributed by atoms with E-state index in [4.69, 9.17) is 10.5 Å². The largest absolute Gasteiger partial charge is 0.352 e. The summed E-state index contributed by atoms with van der Waals surface area (Å²) in [6.07, 6.45) is 4.86. The Morgan fingerprint density at radius 3 is 2.44 bits per heavy atom. The van der Waals surface area contributed by atoms with Crippen molar-refractivity contribution in [3.8, 4) is 12.1 Å². The van der Waals surface area contributed by atoms with Crippen LogP contribution in [0.1, 0.15) is 37.7 Å². The molecule has 1 aromatic carbocycles. The Balaban J connectivity index is 2.26. The molecule has 0 aliphatic heterocycles. The van der Waals surface area contributed by atoms with Crippen molar-refractivity contribution in [2.24, 2.45) is 5.41 Å². The van der Waals surface area contributed by atoms with Gasteiger partial charge < -0.3 is 4.90 Å². The van der Waals surface area contributed by atoms with Crippen LogP contribution in [0.25, 0.3) is 6.08 Å². The fourth-order valence-corrected chi connectivity index (χ4v) is 2.46. The van der Waals surface area contributed by atoms with Gasteiger partial charge in [-0.1, -0.05) is 45.0 Å². The molecule has 0 saturated carbocycles. The lowest BCUT2D eigenvalue weighted by Gasteiger charge is -2.31. The Kier molecular flexibility index (Phi) is 5.87. The van der Waals surface area contributed by atoms with E-state index in [-0.39, 0.29) is 11.2 Å². The fraction of sp³-hybridized carbons (Fsp3) is 0.300. The van der Waals surface area contributed by atoms with Gasteiger partial charge in [0, 0.05) is 25.4 Å². The van der Waals surface area contributed by atoms with E-state index in [9.17, 15) is 0 Å². The first-order chi connectivity index (χ1) is 11.9. The molecule has 0 unspecified atom stereocenters. The first-order valence-corrected chi connectivity index (χ1v) is 8.04. The van der Waals surface area contributed by atoms with Crippen LogP contribution in [0.2, 0.25) is 0 Å². The Bertz CT molecular complexity index is 817. The summed E-state index contributed by atoms with van der Waals surface area (Å²) in [5.41, 5.74) is 2.20. The molecular formula is C20H21N5. The van der Waals surface area contributed by atoms with Gasteiger partial charge in [-0.2, -0.15) is 10.5 Å². The maximum Gasteiger partial charge on any atom is 0.234 e. The predicted octanol–water partition coefficient (Wildman–Crippen LogP) is 3.94. The van der Waals surface area contributed by atoms with Gasteiger partial charge in [0.15, 0.2) is 0 Å². The van der Waals surface area contributed by atoms with Gasteiger partial charge in [0.25, 0.3) is 0 Å². The number of allylic oxidation sites excluding steroid dienone is 1. The second kappa shape index (κ2) is 8.08. The average molecular weight is 331 g/mol. The number of benzene rings is 1. The van der Waals surface area contributed by atoms with E-state index < -0.39 is 0 Å². The number of hydrogen-bond acceptors (Lipinski definition) is 5. The van der Waals surface area contributed by atoms with Crippen molar-refractivity contribution in [3.05, 3.63) is 59.6 Å². The van der Waals surface area contributed by atoms with E-state index in [2.05, 4.69) is 35.6 Å². The maximum atomic E-state index is 9.04. The van der Waals surface area contributed by atoms with Gasteiger partial charge in [0.1, 0.15) is 11.9 Å². The Labute approximate surface area is 148 Å². The van der Waals surface area contributed by atoms with Crippen LogP contribution in [-0.4, -0.2) is 16.5 Å². The number of anilines is 1. The van der Waals surface area contributed by atoms with Crippen LogP contribution >= 0.6 is 0 Å². The van der Waals surface area contributed by atoms with Crippen molar-refractivity contribution in [2.45, 2.75) is 27.3 Å². The van der Waals surface area contributed by atoms with Gasteiger partial charge in [-0.05, 0) is 28.7 Å². The minimum absolute atomic E-state index is 0.0766. The summed E-state index contributed by atoms with van der Waals surface area (Å²) in [5, 5.41) is 17.6. The number of nitriles is 2. The lowest BCUT2D eigenvalue weighted by molar-refractivity contribution is 0.407. The third-order valence-electron chi connectivity index (χ3n) is 3.43. The van der Waals surface area contributed by atoms with Crippen molar-refractivity contribution in [2.75, 3.05) is 11.4 Å². The highest BCUT2D eigenvalue weighted by atomic mass is 15.2. The molecule has 5 heteroatoms. The van der Waals surface area contributed by atoms with Gasteiger partial charge in [-0.15, -0.1) is 0 Å². The van der Waals surface area contributed by atoms with Crippen LogP contribution in [0.15, 0.2) is 42.6 Å². The SMILES string of the molecule is CC(C)(C)CN(Cc1ccc(C=CC#N)cc1)c1ccnc(C#N)n1. The molecule has 126 valence electrons. The number of rotatable bonds is 5. The molecule has 0 N–H and O–H groups in total. The minimum atomic E-state index is 0.0766. The third-order valence-corrected chi connectivity index (χ3v) is 3.43. The number of hydrogen-bond donors (Lipinski definition) is 0. The van der Waals surface area contributed by atoms with Crippen LogP contribution in [0.4, 0.5) is 5.82 Å². The fourth-order valence-electron chi connectivity index (χ4n) is 2.46. The van der Waals surface area contributed by atoms with Crippen LogP contribution in [0, 0.1) is 28.1 Å². The molecule has 0 aliphatic carbocycles.